The Labute approximate surface area is 180 Å². The summed E-state index contributed by atoms with van der Waals surface area (Å²) in [5.74, 6) is 1.62. The lowest BCUT2D eigenvalue weighted by atomic mass is 10.2. The van der Waals surface area contributed by atoms with Crippen molar-refractivity contribution in [2.75, 3.05) is 20.2 Å². The van der Waals surface area contributed by atoms with Crippen LogP contribution in [0.3, 0.4) is 0 Å². The van der Waals surface area contributed by atoms with E-state index >= 15 is 0 Å². The second-order valence-electron chi connectivity index (χ2n) is 7.14. The van der Waals surface area contributed by atoms with Crippen LogP contribution >= 0.6 is 11.8 Å². The Morgan fingerprint density at radius 1 is 1.03 bits per heavy atom. The van der Waals surface area contributed by atoms with Crippen LogP contribution in [0.2, 0.25) is 0 Å². The van der Waals surface area contributed by atoms with E-state index in [9.17, 15) is 0 Å². The maximum absolute atomic E-state index is 6.05. The first-order valence-corrected chi connectivity index (χ1v) is 10.9. The molecule has 0 aliphatic heterocycles. The summed E-state index contributed by atoms with van der Waals surface area (Å²) in [7, 11) is 2.08. The second-order valence-corrected chi connectivity index (χ2v) is 8.10. The summed E-state index contributed by atoms with van der Waals surface area (Å²) in [6, 6.07) is 16.0. The van der Waals surface area contributed by atoms with Crippen molar-refractivity contribution in [3.63, 3.8) is 0 Å². The maximum atomic E-state index is 6.05. The summed E-state index contributed by atoms with van der Waals surface area (Å²) in [4.78, 5) is 19.1. The first kappa shape index (κ1) is 20.4. The fraction of sp³-hybridized carbons (Fsp3) is 0.261. The Balaban J connectivity index is 1.31. The van der Waals surface area contributed by atoms with Crippen LogP contribution in [-0.2, 0) is 12.3 Å². The molecule has 0 unspecified atom stereocenters. The summed E-state index contributed by atoms with van der Waals surface area (Å²) in [5, 5.41) is 0.903. The van der Waals surface area contributed by atoms with Gasteiger partial charge in [0.15, 0.2) is 5.16 Å². The predicted molar refractivity (Wildman–Crippen MR) is 121 cm³/mol. The third-order valence-corrected chi connectivity index (χ3v) is 5.75. The zero-order valence-corrected chi connectivity index (χ0v) is 18.0. The number of H-pyrrole nitrogens is 1. The van der Waals surface area contributed by atoms with E-state index < -0.39 is 0 Å². The minimum absolute atomic E-state index is 0.615. The van der Waals surface area contributed by atoms with Crippen molar-refractivity contribution >= 4 is 22.8 Å². The van der Waals surface area contributed by atoms with Crippen molar-refractivity contribution in [3.8, 4) is 5.75 Å². The van der Waals surface area contributed by atoms with Gasteiger partial charge < -0.3 is 9.72 Å². The molecule has 3 heterocycles. The Morgan fingerprint density at radius 2 is 1.90 bits per heavy atom. The molecule has 6 nitrogen and oxygen atoms in total. The van der Waals surface area contributed by atoms with Crippen LogP contribution in [0, 0.1) is 6.92 Å². The van der Waals surface area contributed by atoms with Crippen molar-refractivity contribution in [2.45, 2.75) is 24.4 Å². The molecule has 7 heteroatoms. The van der Waals surface area contributed by atoms with Gasteiger partial charge in [0.1, 0.15) is 12.4 Å². The zero-order valence-electron chi connectivity index (χ0n) is 17.2. The van der Waals surface area contributed by atoms with Crippen LogP contribution in [0.25, 0.3) is 11.0 Å². The van der Waals surface area contributed by atoms with Gasteiger partial charge in [-0.15, -0.1) is 0 Å². The molecule has 154 valence electrons. The Morgan fingerprint density at radius 3 is 2.73 bits per heavy atom. The molecular weight excluding hydrogens is 394 g/mol. The van der Waals surface area contributed by atoms with Gasteiger partial charge in [-0.25, -0.2) is 4.98 Å². The summed E-state index contributed by atoms with van der Waals surface area (Å²) in [6.07, 6.45) is 3.64. The van der Waals surface area contributed by atoms with Gasteiger partial charge in [-0.3, -0.25) is 14.9 Å². The number of aromatic nitrogens is 4. The van der Waals surface area contributed by atoms with Gasteiger partial charge in [-0.2, -0.15) is 0 Å². The average Bonchev–Trinajstić information content (AvgIpc) is 3.18. The number of likely N-dealkylation sites (N-methyl/N-ethyl adjacent to an activating group) is 1. The molecule has 0 spiro atoms. The first-order chi connectivity index (χ1) is 14.7. The highest BCUT2D eigenvalue weighted by Gasteiger charge is 2.10. The second kappa shape index (κ2) is 9.73. The van der Waals surface area contributed by atoms with E-state index in [0.29, 0.717) is 6.61 Å². The molecule has 1 N–H and O–H groups in total. The molecule has 1 aromatic carbocycles. The van der Waals surface area contributed by atoms with Crippen LogP contribution in [0.4, 0.5) is 0 Å². The molecule has 0 fully saturated rings. The van der Waals surface area contributed by atoms with Crippen molar-refractivity contribution in [1.82, 2.24) is 24.8 Å². The lowest BCUT2D eigenvalue weighted by molar-refractivity contribution is 0.230. The van der Waals surface area contributed by atoms with Crippen LogP contribution in [0.1, 0.15) is 17.0 Å². The van der Waals surface area contributed by atoms with Gasteiger partial charge in [-0.05, 0) is 44.3 Å². The van der Waals surface area contributed by atoms with E-state index in [1.807, 2.05) is 60.9 Å². The number of aromatic amines is 1. The number of para-hydroxylation sites is 2. The largest absolute Gasteiger partial charge is 0.492 e. The fourth-order valence-corrected chi connectivity index (χ4v) is 4.06. The topological polar surface area (TPSA) is 66.9 Å². The van der Waals surface area contributed by atoms with E-state index in [1.165, 1.54) is 0 Å². The smallest absolute Gasteiger partial charge is 0.166 e. The lowest BCUT2D eigenvalue weighted by Gasteiger charge is -2.17. The number of benzene rings is 1. The Kier molecular flexibility index (Phi) is 6.61. The SMILES string of the molecule is Cc1c(OCCN(C)Cc2ccccn2)ccnc1CSc1nc2ccccc2[nH]1. The molecule has 30 heavy (non-hydrogen) atoms. The molecule has 4 rings (SSSR count). The van der Waals surface area contributed by atoms with Crippen LogP contribution in [0.15, 0.2) is 66.1 Å². The van der Waals surface area contributed by atoms with Crippen molar-refractivity contribution < 1.29 is 4.74 Å². The highest BCUT2D eigenvalue weighted by atomic mass is 32.2. The standard InChI is InChI=1S/C23H25N5OS/c1-17-21(16-30-23-26-19-8-3-4-9-20(19)27-23)25-12-10-22(17)29-14-13-28(2)15-18-7-5-6-11-24-18/h3-12H,13-16H2,1-2H3,(H,26,27). The Bertz CT molecular complexity index is 1070. The van der Waals surface area contributed by atoms with Crippen LogP contribution in [0.5, 0.6) is 5.75 Å². The highest BCUT2D eigenvalue weighted by molar-refractivity contribution is 7.98. The summed E-state index contributed by atoms with van der Waals surface area (Å²) >= 11 is 1.65. The van der Waals surface area contributed by atoms with E-state index in [2.05, 4.69) is 38.8 Å². The average molecular weight is 420 g/mol. The number of hydrogen-bond acceptors (Lipinski definition) is 6. The van der Waals surface area contributed by atoms with Crippen LogP contribution < -0.4 is 4.74 Å². The number of imidazole rings is 1. The molecule has 4 aromatic rings. The number of nitrogens with zero attached hydrogens (tertiary/aromatic N) is 4. The molecule has 0 saturated carbocycles. The predicted octanol–water partition coefficient (Wildman–Crippen LogP) is 4.46. The summed E-state index contributed by atoms with van der Waals surface area (Å²) < 4.78 is 6.05. The molecule has 3 aromatic heterocycles. The Hall–Kier alpha value is -2.90. The molecule has 0 amide bonds. The molecule has 0 radical (unpaired) electrons. The highest BCUT2D eigenvalue weighted by Crippen LogP contribution is 2.27. The minimum atomic E-state index is 0.615. The monoisotopic (exact) mass is 419 g/mol. The fourth-order valence-electron chi connectivity index (χ4n) is 3.15. The molecule has 0 atom stereocenters. The number of ether oxygens (including phenoxy) is 1. The van der Waals surface area contributed by atoms with Gasteiger partial charge in [0, 0.05) is 36.8 Å². The molecule has 0 saturated heterocycles. The van der Waals surface area contributed by atoms with Gasteiger partial charge in [0.05, 0.1) is 22.4 Å². The summed E-state index contributed by atoms with van der Waals surface area (Å²) in [5.41, 5.74) is 5.19. The lowest BCUT2D eigenvalue weighted by Crippen LogP contribution is -2.24. The normalized spacial score (nSPS) is 11.3. The number of rotatable bonds is 9. The van der Waals surface area contributed by atoms with Gasteiger partial charge in [-0.1, -0.05) is 30.0 Å². The van der Waals surface area contributed by atoms with Gasteiger partial charge >= 0.3 is 0 Å². The van der Waals surface area contributed by atoms with E-state index in [-0.39, 0.29) is 0 Å². The van der Waals surface area contributed by atoms with E-state index in [1.54, 1.807) is 11.8 Å². The quantitative estimate of drug-likeness (QED) is 0.404. The van der Waals surface area contributed by atoms with Crippen molar-refractivity contribution in [2.24, 2.45) is 0 Å². The third kappa shape index (κ3) is 5.17. The van der Waals surface area contributed by atoms with Gasteiger partial charge in [0.25, 0.3) is 0 Å². The molecule has 0 aliphatic rings. The number of pyridine rings is 2. The first-order valence-electron chi connectivity index (χ1n) is 9.92. The molecular formula is C23H25N5OS. The summed E-state index contributed by atoms with van der Waals surface area (Å²) in [6.45, 7) is 4.30. The minimum Gasteiger partial charge on any atom is -0.492 e. The van der Waals surface area contributed by atoms with Crippen molar-refractivity contribution in [1.29, 1.82) is 0 Å². The maximum Gasteiger partial charge on any atom is 0.166 e. The van der Waals surface area contributed by atoms with Gasteiger partial charge in [0.2, 0.25) is 0 Å². The molecule has 0 aliphatic carbocycles. The van der Waals surface area contributed by atoms with Crippen LogP contribution in [-0.4, -0.2) is 45.0 Å². The number of thioether (sulfide) groups is 1. The number of hydrogen-bond donors (Lipinski definition) is 1. The number of fused-ring (bicyclic) bond motifs is 1. The van der Waals surface area contributed by atoms with E-state index in [4.69, 9.17) is 4.74 Å². The van der Waals surface area contributed by atoms with E-state index in [0.717, 1.165) is 57.7 Å². The third-order valence-electron chi connectivity index (χ3n) is 4.86. The molecule has 0 bridgehead atoms. The van der Waals surface area contributed by atoms with Crippen molar-refractivity contribution in [3.05, 3.63) is 77.9 Å². The zero-order chi connectivity index (χ0) is 20.8. The number of nitrogens with one attached hydrogen (secondary N) is 1.